The van der Waals surface area contributed by atoms with Gasteiger partial charge in [-0.2, -0.15) is 0 Å². The Balaban J connectivity index is 1.71. The molecule has 2 unspecified atom stereocenters. The predicted octanol–water partition coefficient (Wildman–Crippen LogP) is 3.90. The summed E-state index contributed by atoms with van der Waals surface area (Å²) in [5.74, 6) is -0.545. The number of carbonyl (C=O) groups excluding carboxylic acids is 2. The van der Waals surface area contributed by atoms with Crippen molar-refractivity contribution >= 4 is 23.4 Å². The van der Waals surface area contributed by atoms with E-state index in [0.29, 0.717) is 10.6 Å². The van der Waals surface area contributed by atoms with E-state index in [1.54, 1.807) is 24.3 Å². The molecule has 0 radical (unpaired) electrons. The zero-order valence-corrected chi connectivity index (χ0v) is 15.7. The van der Waals surface area contributed by atoms with Crippen LogP contribution in [0.5, 0.6) is 0 Å². The van der Waals surface area contributed by atoms with Gasteiger partial charge in [0.15, 0.2) is 0 Å². The number of hydrogen-bond donors (Lipinski definition) is 2. The molecule has 2 N–H and O–H groups in total. The van der Waals surface area contributed by atoms with Crippen LogP contribution in [0.4, 0.5) is 0 Å². The predicted molar refractivity (Wildman–Crippen MR) is 103 cm³/mol. The van der Waals surface area contributed by atoms with Crippen molar-refractivity contribution in [1.29, 1.82) is 0 Å². The van der Waals surface area contributed by atoms with Crippen LogP contribution in [0.25, 0.3) is 0 Å². The third-order valence-corrected chi connectivity index (χ3v) is 5.13. The summed E-state index contributed by atoms with van der Waals surface area (Å²) >= 11 is 6.09. The first-order valence-electron chi connectivity index (χ1n) is 8.91. The van der Waals surface area contributed by atoms with Gasteiger partial charge in [-0.05, 0) is 42.0 Å². The number of hydrogen-bond acceptors (Lipinski definition) is 2. The van der Waals surface area contributed by atoms with E-state index >= 15 is 0 Å². The number of rotatable bonds is 5. The molecule has 2 amide bonds. The molecule has 2 aromatic carbocycles. The van der Waals surface area contributed by atoms with Crippen LogP contribution >= 0.6 is 11.6 Å². The van der Waals surface area contributed by atoms with Gasteiger partial charge >= 0.3 is 0 Å². The lowest BCUT2D eigenvalue weighted by molar-refractivity contribution is -0.124. The summed E-state index contributed by atoms with van der Waals surface area (Å²) in [4.78, 5) is 25.4. The maximum Gasteiger partial charge on any atom is 0.253 e. The Labute approximate surface area is 158 Å². The lowest BCUT2D eigenvalue weighted by Gasteiger charge is -2.24. The van der Waals surface area contributed by atoms with E-state index in [0.717, 1.165) is 12.8 Å². The molecule has 1 aliphatic rings. The van der Waals surface area contributed by atoms with Crippen LogP contribution in [-0.2, 0) is 11.2 Å². The second-order valence-corrected chi connectivity index (χ2v) is 7.38. The van der Waals surface area contributed by atoms with Gasteiger partial charge < -0.3 is 10.6 Å². The van der Waals surface area contributed by atoms with Gasteiger partial charge in [-0.3, -0.25) is 9.59 Å². The lowest BCUT2D eigenvalue weighted by atomic mass is 10.0. The largest absolute Gasteiger partial charge is 0.347 e. The Hall–Kier alpha value is -2.33. The van der Waals surface area contributed by atoms with Crippen molar-refractivity contribution in [2.24, 2.45) is 5.92 Å². The van der Waals surface area contributed by atoms with E-state index in [2.05, 4.69) is 22.8 Å². The Bertz CT molecular complexity index is 819. The maximum absolute atomic E-state index is 12.8. The molecule has 2 atom stereocenters. The zero-order chi connectivity index (χ0) is 18.7. The molecule has 0 aromatic heterocycles. The topological polar surface area (TPSA) is 58.2 Å². The summed E-state index contributed by atoms with van der Waals surface area (Å²) in [6, 6.07) is 14.4. The molecule has 0 spiro atoms. The SMILES string of the molecule is CC(C)C(NC(=O)c1ccccc1Cl)C(=O)NC1CCc2ccccc21. The smallest absolute Gasteiger partial charge is 0.253 e. The first-order valence-corrected chi connectivity index (χ1v) is 9.28. The monoisotopic (exact) mass is 370 g/mol. The first-order chi connectivity index (χ1) is 12.5. The number of aryl methyl sites for hydroxylation is 1. The fourth-order valence-corrected chi connectivity index (χ4v) is 3.59. The molecule has 136 valence electrons. The first kappa shape index (κ1) is 18.5. The Kier molecular flexibility index (Phi) is 5.62. The van der Waals surface area contributed by atoms with Gasteiger partial charge in [-0.1, -0.05) is 61.8 Å². The van der Waals surface area contributed by atoms with Crippen molar-refractivity contribution in [2.45, 2.75) is 38.8 Å². The van der Waals surface area contributed by atoms with Crippen molar-refractivity contribution in [3.8, 4) is 0 Å². The molecular weight excluding hydrogens is 348 g/mol. The van der Waals surface area contributed by atoms with Crippen LogP contribution in [0.3, 0.4) is 0 Å². The van der Waals surface area contributed by atoms with E-state index in [-0.39, 0.29) is 23.8 Å². The van der Waals surface area contributed by atoms with Gasteiger partial charge in [0.1, 0.15) is 6.04 Å². The molecule has 5 heteroatoms. The second-order valence-electron chi connectivity index (χ2n) is 6.97. The van der Waals surface area contributed by atoms with Gasteiger partial charge in [-0.15, -0.1) is 0 Å². The van der Waals surface area contributed by atoms with Crippen LogP contribution in [0.1, 0.15) is 47.8 Å². The highest BCUT2D eigenvalue weighted by Gasteiger charge is 2.29. The van der Waals surface area contributed by atoms with E-state index < -0.39 is 6.04 Å². The Morgan fingerprint density at radius 3 is 2.50 bits per heavy atom. The molecule has 4 nitrogen and oxygen atoms in total. The minimum atomic E-state index is -0.619. The molecule has 0 saturated carbocycles. The quantitative estimate of drug-likeness (QED) is 0.838. The van der Waals surface area contributed by atoms with Crippen molar-refractivity contribution in [2.75, 3.05) is 0 Å². The average Bonchev–Trinajstić information content (AvgIpc) is 3.02. The number of nitrogens with one attached hydrogen (secondary N) is 2. The number of fused-ring (bicyclic) bond motifs is 1. The van der Waals surface area contributed by atoms with Crippen molar-refractivity contribution < 1.29 is 9.59 Å². The molecule has 0 aliphatic heterocycles. The van der Waals surface area contributed by atoms with Crippen LogP contribution in [0.15, 0.2) is 48.5 Å². The number of carbonyl (C=O) groups is 2. The minimum absolute atomic E-state index is 0.00262. The highest BCUT2D eigenvalue weighted by atomic mass is 35.5. The van der Waals surface area contributed by atoms with Gasteiger partial charge in [0.05, 0.1) is 16.6 Å². The number of halogens is 1. The van der Waals surface area contributed by atoms with Gasteiger partial charge in [0.25, 0.3) is 5.91 Å². The van der Waals surface area contributed by atoms with Crippen LogP contribution in [0.2, 0.25) is 5.02 Å². The molecule has 2 aromatic rings. The zero-order valence-electron chi connectivity index (χ0n) is 15.0. The van der Waals surface area contributed by atoms with Crippen molar-refractivity contribution in [3.05, 3.63) is 70.2 Å². The molecule has 0 fully saturated rings. The van der Waals surface area contributed by atoms with Crippen LogP contribution < -0.4 is 10.6 Å². The van der Waals surface area contributed by atoms with E-state index in [1.807, 2.05) is 26.0 Å². The van der Waals surface area contributed by atoms with Crippen molar-refractivity contribution in [3.63, 3.8) is 0 Å². The fraction of sp³-hybridized carbons (Fsp3) is 0.333. The molecular formula is C21H23ClN2O2. The second kappa shape index (κ2) is 7.92. The van der Waals surface area contributed by atoms with Gasteiger partial charge in [0, 0.05) is 0 Å². The molecule has 0 heterocycles. The van der Waals surface area contributed by atoms with Crippen LogP contribution in [-0.4, -0.2) is 17.9 Å². The lowest BCUT2D eigenvalue weighted by Crippen LogP contribution is -2.50. The highest BCUT2D eigenvalue weighted by molar-refractivity contribution is 6.33. The van der Waals surface area contributed by atoms with Gasteiger partial charge in [-0.25, -0.2) is 0 Å². The normalized spacial score (nSPS) is 16.8. The van der Waals surface area contributed by atoms with Gasteiger partial charge in [0.2, 0.25) is 5.91 Å². The van der Waals surface area contributed by atoms with E-state index in [1.165, 1.54) is 11.1 Å². The van der Waals surface area contributed by atoms with Crippen LogP contribution in [0, 0.1) is 5.92 Å². The standard InChI is InChI=1S/C21H23ClN2O2/c1-13(2)19(24-20(25)16-9-5-6-10-17(16)22)21(26)23-18-12-11-14-7-3-4-8-15(14)18/h3-10,13,18-19H,11-12H2,1-2H3,(H,23,26)(H,24,25). The summed E-state index contributed by atoms with van der Waals surface area (Å²) in [7, 11) is 0. The molecule has 26 heavy (non-hydrogen) atoms. The summed E-state index contributed by atoms with van der Waals surface area (Å²) in [5, 5.41) is 6.31. The summed E-state index contributed by atoms with van der Waals surface area (Å²) in [6.45, 7) is 3.83. The fourth-order valence-electron chi connectivity index (χ4n) is 3.37. The molecule has 3 rings (SSSR count). The molecule has 0 bridgehead atoms. The summed E-state index contributed by atoms with van der Waals surface area (Å²) < 4.78 is 0. The van der Waals surface area contributed by atoms with E-state index in [9.17, 15) is 9.59 Å². The third-order valence-electron chi connectivity index (χ3n) is 4.80. The maximum atomic E-state index is 12.8. The van der Waals surface area contributed by atoms with E-state index in [4.69, 9.17) is 11.6 Å². The highest BCUT2D eigenvalue weighted by Crippen LogP contribution is 2.30. The number of benzene rings is 2. The summed E-state index contributed by atoms with van der Waals surface area (Å²) in [6.07, 6.45) is 1.84. The number of amides is 2. The minimum Gasteiger partial charge on any atom is -0.347 e. The van der Waals surface area contributed by atoms with Crippen molar-refractivity contribution in [1.82, 2.24) is 10.6 Å². The third kappa shape index (κ3) is 3.91. The Morgan fingerprint density at radius 1 is 1.08 bits per heavy atom. The average molecular weight is 371 g/mol. The molecule has 1 aliphatic carbocycles. The summed E-state index contributed by atoms with van der Waals surface area (Å²) in [5.41, 5.74) is 2.82. The Morgan fingerprint density at radius 2 is 1.77 bits per heavy atom. The molecule has 0 saturated heterocycles.